The normalized spacial score (nSPS) is 10.8. The predicted molar refractivity (Wildman–Crippen MR) is 79.6 cm³/mol. The molecule has 0 radical (unpaired) electrons. The monoisotopic (exact) mass is 311 g/mol. The number of halogens is 2. The largest absolute Gasteiger partial charge is 0.296 e. The van der Waals surface area contributed by atoms with Gasteiger partial charge in [-0.05, 0) is 25.0 Å². The number of carbonyl (C=O) groups is 1. The zero-order valence-electron chi connectivity index (χ0n) is 11.1. The van der Waals surface area contributed by atoms with Crippen LogP contribution in [0, 0.1) is 0 Å². The van der Waals surface area contributed by atoms with Crippen LogP contribution in [0.3, 0.4) is 0 Å². The highest BCUT2D eigenvalue weighted by Crippen LogP contribution is 2.25. The van der Waals surface area contributed by atoms with E-state index in [1.807, 2.05) is 0 Å². The molecule has 0 atom stereocenters. The standard InChI is InChI=1S/C14H15Cl2N3O/c1-2-3-7-14-13(9-20)17-18-19(14)8-10-11(15)5-4-6-12(10)16/h4-6,9H,2-3,7-8H2,1H3. The maximum absolute atomic E-state index is 11.0. The molecule has 2 aromatic rings. The van der Waals surface area contributed by atoms with Gasteiger partial charge in [-0.3, -0.25) is 4.79 Å². The first kappa shape index (κ1) is 15.0. The summed E-state index contributed by atoms with van der Waals surface area (Å²) in [5.74, 6) is 0. The zero-order chi connectivity index (χ0) is 14.5. The molecule has 1 aromatic heterocycles. The summed E-state index contributed by atoms with van der Waals surface area (Å²) >= 11 is 12.3. The molecule has 0 amide bonds. The van der Waals surface area contributed by atoms with Gasteiger partial charge in [0.25, 0.3) is 0 Å². The molecular formula is C14H15Cl2N3O. The van der Waals surface area contributed by atoms with Gasteiger partial charge in [0.1, 0.15) is 5.69 Å². The van der Waals surface area contributed by atoms with Crippen molar-refractivity contribution in [1.82, 2.24) is 15.0 Å². The van der Waals surface area contributed by atoms with E-state index >= 15 is 0 Å². The number of hydrogen-bond donors (Lipinski definition) is 0. The molecule has 0 unspecified atom stereocenters. The van der Waals surface area contributed by atoms with E-state index in [4.69, 9.17) is 23.2 Å². The Morgan fingerprint density at radius 1 is 1.30 bits per heavy atom. The molecule has 0 aliphatic heterocycles. The van der Waals surface area contributed by atoms with Crippen molar-refractivity contribution in [2.45, 2.75) is 32.7 Å². The number of hydrogen-bond acceptors (Lipinski definition) is 3. The maximum Gasteiger partial charge on any atom is 0.172 e. The molecule has 4 nitrogen and oxygen atoms in total. The van der Waals surface area contributed by atoms with Gasteiger partial charge in [0.05, 0.1) is 12.2 Å². The van der Waals surface area contributed by atoms with Crippen LogP contribution in [0.15, 0.2) is 18.2 Å². The van der Waals surface area contributed by atoms with E-state index in [1.165, 1.54) is 0 Å². The van der Waals surface area contributed by atoms with Gasteiger partial charge in [0.15, 0.2) is 6.29 Å². The van der Waals surface area contributed by atoms with Gasteiger partial charge in [-0.2, -0.15) is 0 Å². The van der Waals surface area contributed by atoms with E-state index < -0.39 is 0 Å². The minimum Gasteiger partial charge on any atom is -0.296 e. The molecule has 0 aliphatic carbocycles. The Labute approximate surface area is 127 Å². The second kappa shape index (κ2) is 6.86. The topological polar surface area (TPSA) is 47.8 Å². The third-order valence-corrected chi connectivity index (χ3v) is 3.82. The molecule has 106 valence electrons. The third kappa shape index (κ3) is 3.19. The Morgan fingerprint density at radius 2 is 2.00 bits per heavy atom. The molecule has 0 fully saturated rings. The van der Waals surface area contributed by atoms with Crippen molar-refractivity contribution < 1.29 is 4.79 Å². The van der Waals surface area contributed by atoms with Crippen LogP contribution in [0.1, 0.15) is 41.5 Å². The third-order valence-electron chi connectivity index (χ3n) is 3.12. The van der Waals surface area contributed by atoms with Crippen LogP contribution < -0.4 is 0 Å². The van der Waals surface area contributed by atoms with Crippen LogP contribution >= 0.6 is 23.2 Å². The fourth-order valence-electron chi connectivity index (χ4n) is 2.00. The highest BCUT2D eigenvalue weighted by Gasteiger charge is 2.14. The number of unbranched alkanes of at least 4 members (excludes halogenated alkanes) is 1. The molecule has 0 spiro atoms. The molecule has 0 saturated heterocycles. The number of benzene rings is 1. The van der Waals surface area contributed by atoms with Gasteiger partial charge < -0.3 is 0 Å². The van der Waals surface area contributed by atoms with E-state index in [-0.39, 0.29) is 0 Å². The van der Waals surface area contributed by atoms with Crippen LogP contribution in [0.4, 0.5) is 0 Å². The van der Waals surface area contributed by atoms with E-state index in [0.29, 0.717) is 22.3 Å². The lowest BCUT2D eigenvalue weighted by atomic mass is 10.1. The first-order valence-electron chi connectivity index (χ1n) is 6.47. The Kier molecular flexibility index (Phi) is 5.15. The van der Waals surface area contributed by atoms with Crippen molar-refractivity contribution in [2.24, 2.45) is 0 Å². The number of nitrogens with zero attached hydrogens (tertiary/aromatic N) is 3. The number of rotatable bonds is 6. The van der Waals surface area contributed by atoms with E-state index in [0.717, 1.165) is 36.8 Å². The van der Waals surface area contributed by atoms with Gasteiger partial charge in [-0.15, -0.1) is 5.10 Å². The van der Waals surface area contributed by atoms with Crippen molar-refractivity contribution in [2.75, 3.05) is 0 Å². The minimum atomic E-state index is 0.390. The lowest BCUT2D eigenvalue weighted by Crippen LogP contribution is -2.08. The molecule has 1 aromatic carbocycles. The Bertz CT molecular complexity index is 590. The van der Waals surface area contributed by atoms with Crippen LogP contribution in [0.25, 0.3) is 0 Å². The summed E-state index contributed by atoms with van der Waals surface area (Å²) in [5, 5.41) is 9.11. The Hall–Kier alpha value is -1.39. The summed E-state index contributed by atoms with van der Waals surface area (Å²) < 4.78 is 1.70. The van der Waals surface area contributed by atoms with Crippen molar-refractivity contribution in [1.29, 1.82) is 0 Å². The van der Waals surface area contributed by atoms with Gasteiger partial charge in [0.2, 0.25) is 0 Å². The average Bonchev–Trinajstić information content (AvgIpc) is 2.82. The highest BCUT2D eigenvalue weighted by molar-refractivity contribution is 6.35. The van der Waals surface area contributed by atoms with Crippen LogP contribution in [0.2, 0.25) is 10.0 Å². The summed E-state index contributed by atoms with van der Waals surface area (Å²) in [6.45, 7) is 2.51. The number of carbonyl (C=O) groups excluding carboxylic acids is 1. The van der Waals surface area contributed by atoms with Crippen LogP contribution in [0.5, 0.6) is 0 Å². The van der Waals surface area contributed by atoms with Crippen LogP contribution in [-0.2, 0) is 13.0 Å². The molecule has 0 bridgehead atoms. The molecule has 20 heavy (non-hydrogen) atoms. The highest BCUT2D eigenvalue weighted by atomic mass is 35.5. The first-order valence-corrected chi connectivity index (χ1v) is 7.23. The molecular weight excluding hydrogens is 297 g/mol. The van der Waals surface area contributed by atoms with E-state index in [2.05, 4.69) is 17.2 Å². The van der Waals surface area contributed by atoms with Crippen molar-refractivity contribution in [3.8, 4) is 0 Å². The molecule has 1 heterocycles. The summed E-state index contributed by atoms with van der Waals surface area (Å²) in [6, 6.07) is 5.36. The second-order valence-corrected chi connectivity index (χ2v) is 5.32. The lowest BCUT2D eigenvalue weighted by molar-refractivity contribution is 0.111. The zero-order valence-corrected chi connectivity index (χ0v) is 12.7. The predicted octanol–water partition coefficient (Wildman–Crippen LogP) is 3.79. The van der Waals surface area contributed by atoms with Crippen molar-refractivity contribution >= 4 is 29.5 Å². The molecule has 0 N–H and O–H groups in total. The molecule has 2 rings (SSSR count). The molecule has 6 heteroatoms. The minimum absolute atomic E-state index is 0.390. The summed E-state index contributed by atoms with van der Waals surface area (Å²) in [7, 11) is 0. The summed E-state index contributed by atoms with van der Waals surface area (Å²) in [6.07, 6.45) is 3.52. The summed E-state index contributed by atoms with van der Waals surface area (Å²) in [5.41, 5.74) is 2.01. The second-order valence-electron chi connectivity index (χ2n) is 4.50. The van der Waals surface area contributed by atoms with Gasteiger partial charge in [0, 0.05) is 15.6 Å². The van der Waals surface area contributed by atoms with E-state index in [1.54, 1.807) is 22.9 Å². The summed E-state index contributed by atoms with van der Waals surface area (Å²) in [4.78, 5) is 11.0. The SMILES string of the molecule is CCCCc1c(C=O)nnn1Cc1c(Cl)cccc1Cl. The van der Waals surface area contributed by atoms with Gasteiger partial charge in [-0.1, -0.05) is 47.8 Å². The Balaban J connectivity index is 2.33. The quantitative estimate of drug-likeness (QED) is 0.763. The van der Waals surface area contributed by atoms with Gasteiger partial charge in [-0.25, -0.2) is 4.68 Å². The Morgan fingerprint density at radius 3 is 2.60 bits per heavy atom. The fourth-order valence-corrected chi connectivity index (χ4v) is 2.52. The molecule has 0 saturated carbocycles. The van der Waals surface area contributed by atoms with Crippen molar-refractivity contribution in [3.05, 3.63) is 45.2 Å². The van der Waals surface area contributed by atoms with Crippen LogP contribution in [-0.4, -0.2) is 21.3 Å². The van der Waals surface area contributed by atoms with Crippen molar-refractivity contribution in [3.63, 3.8) is 0 Å². The van der Waals surface area contributed by atoms with Gasteiger partial charge >= 0.3 is 0 Å². The fraction of sp³-hybridized carbons (Fsp3) is 0.357. The number of aldehydes is 1. The smallest absolute Gasteiger partial charge is 0.172 e. The number of aromatic nitrogens is 3. The molecule has 0 aliphatic rings. The maximum atomic E-state index is 11.0. The average molecular weight is 312 g/mol. The van der Waals surface area contributed by atoms with E-state index in [9.17, 15) is 4.79 Å². The lowest BCUT2D eigenvalue weighted by Gasteiger charge is -2.09. The first-order chi connectivity index (χ1) is 9.67.